The third kappa shape index (κ3) is 3.41. The minimum Gasteiger partial charge on any atom is -0.322 e. The van der Waals surface area contributed by atoms with E-state index in [9.17, 15) is 4.79 Å². The smallest absolute Gasteiger partial charge is 0.276 e. The molecule has 0 bridgehead atoms. The van der Waals surface area contributed by atoms with E-state index >= 15 is 0 Å². The number of rotatable bonds is 3. The van der Waals surface area contributed by atoms with E-state index in [4.69, 9.17) is 5.73 Å². The molecular formula is C13H18N4OS2. The SMILES string of the molecule is CC(N)c1nc(C(=O)Nc2nc(C(C)(C)C)cs2)cs1. The molecule has 0 saturated carbocycles. The number of thiazole rings is 2. The summed E-state index contributed by atoms with van der Waals surface area (Å²) in [5.74, 6) is -0.247. The third-order valence-electron chi connectivity index (χ3n) is 2.64. The van der Waals surface area contributed by atoms with Crippen LogP contribution in [0.15, 0.2) is 10.8 Å². The zero-order valence-electron chi connectivity index (χ0n) is 11.9. The first-order valence-electron chi connectivity index (χ1n) is 6.25. The average Bonchev–Trinajstić information content (AvgIpc) is 2.95. The van der Waals surface area contributed by atoms with Gasteiger partial charge in [-0.25, -0.2) is 9.97 Å². The molecule has 0 fully saturated rings. The van der Waals surface area contributed by atoms with Gasteiger partial charge in [0.05, 0.1) is 11.7 Å². The lowest BCUT2D eigenvalue weighted by molar-refractivity contribution is 0.102. The van der Waals surface area contributed by atoms with Gasteiger partial charge in [-0.3, -0.25) is 10.1 Å². The van der Waals surface area contributed by atoms with Gasteiger partial charge in [-0.15, -0.1) is 22.7 Å². The second-order valence-corrected chi connectivity index (χ2v) is 7.35. The summed E-state index contributed by atoms with van der Waals surface area (Å²) in [6.07, 6.45) is 0. The van der Waals surface area contributed by atoms with Crippen molar-refractivity contribution in [3.8, 4) is 0 Å². The summed E-state index contributed by atoms with van der Waals surface area (Å²) in [6, 6.07) is -0.158. The minimum absolute atomic E-state index is 0.0255. The van der Waals surface area contributed by atoms with E-state index in [1.165, 1.54) is 22.7 Å². The highest BCUT2D eigenvalue weighted by Crippen LogP contribution is 2.26. The normalized spacial score (nSPS) is 13.2. The van der Waals surface area contributed by atoms with Gasteiger partial charge in [0.2, 0.25) is 0 Å². The van der Waals surface area contributed by atoms with Gasteiger partial charge in [-0.2, -0.15) is 0 Å². The Morgan fingerprint density at radius 3 is 2.50 bits per heavy atom. The molecule has 20 heavy (non-hydrogen) atoms. The lowest BCUT2D eigenvalue weighted by Gasteiger charge is -2.14. The van der Waals surface area contributed by atoms with Gasteiger partial charge in [-0.1, -0.05) is 20.8 Å². The zero-order valence-corrected chi connectivity index (χ0v) is 13.6. The van der Waals surface area contributed by atoms with Crippen LogP contribution in [0.4, 0.5) is 5.13 Å². The highest BCUT2D eigenvalue weighted by molar-refractivity contribution is 7.14. The summed E-state index contributed by atoms with van der Waals surface area (Å²) in [5.41, 5.74) is 7.06. The molecule has 0 aliphatic heterocycles. The maximum atomic E-state index is 12.1. The van der Waals surface area contributed by atoms with Crippen LogP contribution >= 0.6 is 22.7 Å². The second-order valence-electron chi connectivity index (χ2n) is 5.60. The van der Waals surface area contributed by atoms with Gasteiger partial charge in [0.1, 0.15) is 10.7 Å². The van der Waals surface area contributed by atoms with E-state index in [0.717, 1.165) is 10.7 Å². The van der Waals surface area contributed by atoms with Gasteiger partial charge in [0, 0.05) is 16.2 Å². The van der Waals surface area contributed by atoms with Crippen molar-refractivity contribution in [2.24, 2.45) is 5.73 Å². The van der Waals surface area contributed by atoms with Crippen molar-refractivity contribution in [1.82, 2.24) is 9.97 Å². The highest BCUT2D eigenvalue weighted by Gasteiger charge is 2.19. The molecule has 108 valence electrons. The molecule has 0 radical (unpaired) electrons. The zero-order chi connectivity index (χ0) is 14.9. The summed E-state index contributed by atoms with van der Waals surface area (Å²) in [6.45, 7) is 8.10. The van der Waals surface area contributed by atoms with E-state index in [0.29, 0.717) is 10.8 Å². The van der Waals surface area contributed by atoms with Crippen LogP contribution in [-0.2, 0) is 5.41 Å². The molecule has 2 rings (SSSR count). The monoisotopic (exact) mass is 310 g/mol. The summed E-state index contributed by atoms with van der Waals surface area (Å²) in [4.78, 5) is 20.7. The van der Waals surface area contributed by atoms with Crippen molar-refractivity contribution in [3.05, 3.63) is 27.2 Å². The fraction of sp³-hybridized carbons (Fsp3) is 0.462. The molecule has 2 heterocycles. The quantitative estimate of drug-likeness (QED) is 0.912. The lowest BCUT2D eigenvalue weighted by Crippen LogP contribution is -2.15. The molecule has 0 aromatic carbocycles. The van der Waals surface area contributed by atoms with Crippen LogP contribution in [0.3, 0.4) is 0 Å². The Labute approximate surface area is 126 Å². The van der Waals surface area contributed by atoms with Gasteiger partial charge in [0.15, 0.2) is 5.13 Å². The number of nitrogens with zero attached hydrogens (tertiary/aromatic N) is 2. The van der Waals surface area contributed by atoms with Crippen molar-refractivity contribution in [1.29, 1.82) is 0 Å². The molecule has 5 nitrogen and oxygen atoms in total. The first kappa shape index (κ1) is 15.1. The van der Waals surface area contributed by atoms with Crippen molar-refractivity contribution < 1.29 is 4.79 Å². The van der Waals surface area contributed by atoms with E-state index < -0.39 is 0 Å². The number of carbonyl (C=O) groups is 1. The summed E-state index contributed by atoms with van der Waals surface area (Å²) in [5, 5.41) is 7.80. The maximum absolute atomic E-state index is 12.1. The number of nitrogens with two attached hydrogens (primary N) is 1. The van der Waals surface area contributed by atoms with Crippen molar-refractivity contribution in [2.75, 3.05) is 5.32 Å². The number of amides is 1. The van der Waals surface area contributed by atoms with Gasteiger partial charge in [0.25, 0.3) is 5.91 Å². The van der Waals surface area contributed by atoms with E-state index in [-0.39, 0.29) is 17.4 Å². The minimum atomic E-state index is -0.247. The Hall–Kier alpha value is -1.31. The maximum Gasteiger partial charge on any atom is 0.276 e. The number of anilines is 1. The molecule has 1 atom stereocenters. The molecule has 1 unspecified atom stereocenters. The largest absolute Gasteiger partial charge is 0.322 e. The number of nitrogens with one attached hydrogen (secondary N) is 1. The standard InChI is InChI=1S/C13H18N4OS2/c1-7(14)11-15-8(5-19-11)10(18)17-12-16-9(6-20-12)13(2,3)4/h5-7H,14H2,1-4H3,(H,16,17,18). The molecule has 1 amide bonds. The lowest BCUT2D eigenvalue weighted by atomic mass is 9.93. The average molecular weight is 310 g/mol. The van der Waals surface area contributed by atoms with E-state index in [1.54, 1.807) is 5.38 Å². The Morgan fingerprint density at radius 2 is 2.00 bits per heavy atom. The van der Waals surface area contributed by atoms with Crippen LogP contribution in [-0.4, -0.2) is 15.9 Å². The number of aromatic nitrogens is 2. The molecule has 0 saturated heterocycles. The van der Waals surface area contributed by atoms with E-state index in [1.807, 2.05) is 12.3 Å². The summed E-state index contributed by atoms with van der Waals surface area (Å²) < 4.78 is 0. The van der Waals surface area contributed by atoms with Gasteiger partial charge in [-0.05, 0) is 6.92 Å². The number of hydrogen-bond acceptors (Lipinski definition) is 6. The summed E-state index contributed by atoms with van der Waals surface area (Å²) >= 11 is 2.81. The Kier molecular flexibility index (Phi) is 4.22. The topological polar surface area (TPSA) is 80.9 Å². The first-order chi connectivity index (χ1) is 9.27. The van der Waals surface area contributed by atoms with Crippen molar-refractivity contribution >= 4 is 33.7 Å². The number of hydrogen-bond donors (Lipinski definition) is 2. The van der Waals surface area contributed by atoms with Crippen molar-refractivity contribution in [2.45, 2.75) is 39.2 Å². The molecule has 2 aromatic heterocycles. The van der Waals surface area contributed by atoms with Crippen LogP contribution < -0.4 is 11.1 Å². The molecular weight excluding hydrogens is 292 g/mol. The Balaban J connectivity index is 2.09. The Bertz CT molecular complexity index is 610. The van der Waals surface area contributed by atoms with E-state index in [2.05, 4.69) is 36.1 Å². The summed E-state index contributed by atoms with van der Waals surface area (Å²) in [7, 11) is 0. The molecule has 0 aliphatic carbocycles. The fourth-order valence-electron chi connectivity index (χ4n) is 1.44. The van der Waals surface area contributed by atoms with Crippen LogP contribution in [0.25, 0.3) is 0 Å². The van der Waals surface area contributed by atoms with Crippen LogP contribution in [0, 0.1) is 0 Å². The van der Waals surface area contributed by atoms with Gasteiger partial charge < -0.3 is 5.73 Å². The highest BCUT2D eigenvalue weighted by atomic mass is 32.1. The van der Waals surface area contributed by atoms with Crippen LogP contribution in [0.1, 0.15) is 54.9 Å². The fourth-order valence-corrected chi connectivity index (χ4v) is 3.13. The number of carbonyl (C=O) groups excluding carboxylic acids is 1. The van der Waals surface area contributed by atoms with Crippen LogP contribution in [0.2, 0.25) is 0 Å². The molecule has 3 N–H and O–H groups in total. The van der Waals surface area contributed by atoms with Crippen molar-refractivity contribution in [3.63, 3.8) is 0 Å². The second kappa shape index (κ2) is 5.59. The van der Waals surface area contributed by atoms with Crippen LogP contribution in [0.5, 0.6) is 0 Å². The Morgan fingerprint density at radius 1 is 1.30 bits per heavy atom. The van der Waals surface area contributed by atoms with Gasteiger partial charge >= 0.3 is 0 Å². The molecule has 0 aliphatic rings. The predicted molar refractivity (Wildman–Crippen MR) is 83.5 cm³/mol. The first-order valence-corrected chi connectivity index (χ1v) is 8.01. The molecule has 0 spiro atoms. The third-order valence-corrected chi connectivity index (χ3v) is 4.44. The molecule has 7 heteroatoms. The molecule has 2 aromatic rings. The predicted octanol–water partition coefficient (Wildman–Crippen LogP) is 3.17.